The number of rotatable bonds is 5. The first kappa shape index (κ1) is 12.5. The Morgan fingerprint density at radius 1 is 1.08 bits per heavy atom. The highest BCUT2D eigenvalue weighted by molar-refractivity contribution is 6.21. The SMILES string of the molecule is CC(Cl)CC(C)C(Cl)C(C)C[O]. The molecule has 0 aliphatic heterocycles. The van der Waals surface area contributed by atoms with E-state index in [1.54, 1.807) is 0 Å². The van der Waals surface area contributed by atoms with Gasteiger partial charge in [-0.1, -0.05) is 13.8 Å². The third-order valence-electron chi connectivity index (χ3n) is 2.05. The summed E-state index contributed by atoms with van der Waals surface area (Å²) in [5, 5.41) is 10.6. The predicted molar refractivity (Wildman–Crippen MR) is 53.5 cm³/mol. The maximum absolute atomic E-state index is 10.5. The summed E-state index contributed by atoms with van der Waals surface area (Å²) in [4.78, 5) is 0. The molecule has 3 heteroatoms. The maximum Gasteiger partial charge on any atom is 0.0862 e. The highest BCUT2D eigenvalue weighted by atomic mass is 35.5. The van der Waals surface area contributed by atoms with Crippen molar-refractivity contribution in [2.24, 2.45) is 11.8 Å². The molecule has 0 aliphatic rings. The number of hydrogen-bond donors (Lipinski definition) is 0. The van der Waals surface area contributed by atoms with Crippen LogP contribution in [0.4, 0.5) is 0 Å². The topological polar surface area (TPSA) is 19.9 Å². The fourth-order valence-corrected chi connectivity index (χ4v) is 1.75. The summed E-state index contributed by atoms with van der Waals surface area (Å²) in [7, 11) is 0. The smallest absolute Gasteiger partial charge is 0.0862 e. The number of hydrogen-bond acceptors (Lipinski definition) is 0. The molecule has 0 fully saturated rings. The molecule has 0 N–H and O–H groups in total. The van der Waals surface area contributed by atoms with Crippen molar-refractivity contribution < 1.29 is 5.11 Å². The van der Waals surface area contributed by atoms with Crippen LogP contribution in [0.3, 0.4) is 0 Å². The lowest BCUT2D eigenvalue weighted by Gasteiger charge is -2.22. The third-order valence-corrected chi connectivity index (χ3v) is 3.09. The fourth-order valence-electron chi connectivity index (χ4n) is 1.30. The second-order valence-electron chi connectivity index (χ2n) is 3.58. The highest BCUT2D eigenvalue weighted by Gasteiger charge is 2.22. The Bertz CT molecular complexity index is 117. The first-order valence-electron chi connectivity index (χ1n) is 4.35. The molecule has 0 saturated heterocycles. The van der Waals surface area contributed by atoms with Crippen molar-refractivity contribution in [2.45, 2.75) is 37.9 Å². The van der Waals surface area contributed by atoms with Crippen LogP contribution in [-0.2, 0) is 5.11 Å². The van der Waals surface area contributed by atoms with Gasteiger partial charge in [0.25, 0.3) is 0 Å². The first-order valence-corrected chi connectivity index (χ1v) is 5.22. The highest BCUT2D eigenvalue weighted by Crippen LogP contribution is 2.24. The van der Waals surface area contributed by atoms with Crippen molar-refractivity contribution in [3.05, 3.63) is 0 Å². The summed E-state index contributed by atoms with van der Waals surface area (Å²) in [6, 6.07) is 0. The third kappa shape index (κ3) is 4.54. The van der Waals surface area contributed by atoms with Gasteiger partial charge in [0, 0.05) is 10.8 Å². The minimum Gasteiger partial charge on any atom is -0.236 e. The minimum absolute atomic E-state index is 0.0382. The van der Waals surface area contributed by atoms with E-state index in [0.717, 1.165) is 6.42 Å². The van der Waals surface area contributed by atoms with Gasteiger partial charge < -0.3 is 0 Å². The van der Waals surface area contributed by atoms with Crippen molar-refractivity contribution in [3.63, 3.8) is 0 Å². The number of halogens is 2. The van der Waals surface area contributed by atoms with Gasteiger partial charge in [0.15, 0.2) is 0 Å². The molecule has 0 aliphatic carbocycles. The molecule has 12 heavy (non-hydrogen) atoms. The Morgan fingerprint density at radius 2 is 1.58 bits per heavy atom. The zero-order valence-electron chi connectivity index (χ0n) is 7.89. The molecule has 73 valence electrons. The normalized spacial score (nSPS) is 21.5. The van der Waals surface area contributed by atoms with Crippen molar-refractivity contribution in [3.8, 4) is 0 Å². The summed E-state index contributed by atoms with van der Waals surface area (Å²) in [6.45, 7) is 5.78. The summed E-state index contributed by atoms with van der Waals surface area (Å²) in [6.07, 6.45) is 0.875. The van der Waals surface area contributed by atoms with E-state index in [-0.39, 0.29) is 23.3 Å². The lowest BCUT2D eigenvalue weighted by molar-refractivity contribution is 0.140. The van der Waals surface area contributed by atoms with Gasteiger partial charge in [-0.2, -0.15) is 0 Å². The van der Waals surface area contributed by atoms with Gasteiger partial charge in [-0.3, -0.25) is 0 Å². The Hall–Kier alpha value is 0.540. The van der Waals surface area contributed by atoms with Crippen LogP contribution in [0, 0.1) is 11.8 Å². The van der Waals surface area contributed by atoms with E-state index >= 15 is 0 Å². The molecular weight excluding hydrogens is 195 g/mol. The zero-order valence-corrected chi connectivity index (χ0v) is 9.40. The van der Waals surface area contributed by atoms with Gasteiger partial charge >= 0.3 is 0 Å². The molecule has 0 spiro atoms. The van der Waals surface area contributed by atoms with E-state index < -0.39 is 0 Å². The van der Waals surface area contributed by atoms with Crippen LogP contribution in [0.15, 0.2) is 0 Å². The van der Waals surface area contributed by atoms with Gasteiger partial charge in [-0.25, -0.2) is 5.11 Å². The van der Waals surface area contributed by atoms with Crippen LogP contribution < -0.4 is 0 Å². The lowest BCUT2D eigenvalue weighted by Crippen LogP contribution is -2.24. The Kier molecular flexibility index (Phi) is 6.34. The first-order chi connectivity index (χ1) is 5.49. The van der Waals surface area contributed by atoms with Crippen LogP contribution in [0.2, 0.25) is 0 Å². The van der Waals surface area contributed by atoms with Crippen LogP contribution in [0.25, 0.3) is 0 Å². The second kappa shape index (κ2) is 6.06. The van der Waals surface area contributed by atoms with E-state index in [9.17, 15) is 5.11 Å². The van der Waals surface area contributed by atoms with Gasteiger partial charge in [-0.15, -0.1) is 23.2 Å². The molecule has 1 nitrogen and oxygen atoms in total. The molecule has 0 aromatic carbocycles. The summed E-state index contributed by atoms with van der Waals surface area (Å²) in [5.74, 6) is 0.361. The molecule has 1 radical (unpaired) electrons. The molecular formula is C9H17Cl2O. The van der Waals surface area contributed by atoms with Gasteiger partial charge in [0.1, 0.15) is 0 Å². The van der Waals surface area contributed by atoms with Gasteiger partial charge in [0.2, 0.25) is 0 Å². The molecule has 0 amide bonds. The quantitative estimate of drug-likeness (QED) is 0.623. The molecule has 0 aromatic heterocycles. The van der Waals surface area contributed by atoms with Crippen LogP contribution in [-0.4, -0.2) is 17.4 Å². The Labute approximate surface area is 85.1 Å². The van der Waals surface area contributed by atoms with E-state index in [2.05, 4.69) is 0 Å². The summed E-state index contributed by atoms with van der Waals surface area (Å²) in [5.41, 5.74) is 0. The lowest BCUT2D eigenvalue weighted by atomic mass is 9.93. The largest absolute Gasteiger partial charge is 0.236 e. The van der Waals surface area contributed by atoms with Gasteiger partial charge in [0.05, 0.1) is 6.61 Å². The monoisotopic (exact) mass is 211 g/mol. The van der Waals surface area contributed by atoms with Crippen molar-refractivity contribution in [1.82, 2.24) is 0 Å². The van der Waals surface area contributed by atoms with Crippen molar-refractivity contribution in [2.75, 3.05) is 6.61 Å². The Balaban J connectivity index is 3.83. The summed E-state index contributed by atoms with van der Waals surface area (Å²) >= 11 is 11.9. The molecule has 4 atom stereocenters. The second-order valence-corrected chi connectivity index (χ2v) is 4.83. The standard InChI is InChI=1S/C9H17Cl2O/c1-6(4-8(3)10)9(11)7(2)5-12/h6-9H,4-5H2,1-3H3. The predicted octanol–water partition coefficient (Wildman–Crippen LogP) is 3.31. The molecule has 0 saturated carbocycles. The maximum atomic E-state index is 10.5. The van der Waals surface area contributed by atoms with E-state index in [0.29, 0.717) is 5.92 Å². The van der Waals surface area contributed by atoms with E-state index in [4.69, 9.17) is 23.2 Å². The molecule has 4 unspecified atom stereocenters. The number of alkyl halides is 2. The molecule has 0 aromatic rings. The molecule has 0 heterocycles. The average Bonchev–Trinajstić information content (AvgIpc) is 2.00. The Morgan fingerprint density at radius 3 is 1.92 bits per heavy atom. The average molecular weight is 212 g/mol. The van der Waals surface area contributed by atoms with Gasteiger partial charge in [-0.05, 0) is 25.2 Å². The fraction of sp³-hybridized carbons (Fsp3) is 1.00. The van der Waals surface area contributed by atoms with Crippen molar-refractivity contribution in [1.29, 1.82) is 0 Å². The van der Waals surface area contributed by atoms with E-state index in [1.807, 2.05) is 20.8 Å². The van der Waals surface area contributed by atoms with Crippen LogP contribution in [0.5, 0.6) is 0 Å². The molecule has 0 bridgehead atoms. The van der Waals surface area contributed by atoms with Crippen molar-refractivity contribution >= 4 is 23.2 Å². The van der Waals surface area contributed by atoms with Crippen LogP contribution in [0.1, 0.15) is 27.2 Å². The zero-order chi connectivity index (χ0) is 9.72. The van der Waals surface area contributed by atoms with Crippen LogP contribution >= 0.6 is 23.2 Å². The van der Waals surface area contributed by atoms with E-state index in [1.165, 1.54) is 0 Å². The minimum atomic E-state index is -0.102. The molecule has 0 rings (SSSR count). The summed E-state index contributed by atoms with van der Waals surface area (Å²) < 4.78 is 0.